The number of halogens is 2. The van der Waals surface area contributed by atoms with Crippen LogP contribution in [0.25, 0.3) is 0 Å². The molecule has 16 heavy (non-hydrogen) atoms. The van der Waals surface area contributed by atoms with E-state index in [0.29, 0.717) is 9.37 Å². The summed E-state index contributed by atoms with van der Waals surface area (Å²) in [7, 11) is 0. The molecule has 1 heterocycles. The van der Waals surface area contributed by atoms with Crippen LogP contribution in [0.5, 0.6) is 0 Å². The number of carbonyl (C=O) groups is 3. The van der Waals surface area contributed by atoms with Crippen LogP contribution in [0.2, 0.25) is 0 Å². The highest BCUT2D eigenvalue weighted by Crippen LogP contribution is 2.28. The number of hydrogen-bond donors (Lipinski definition) is 1. The minimum atomic E-state index is -1.03. The van der Waals surface area contributed by atoms with E-state index >= 15 is 0 Å². The summed E-state index contributed by atoms with van der Waals surface area (Å²) < 4.78 is 13.3. The van der Waals surface area contributed by atoms with E-state index in [2.05, 4.69) is 15.9 Å². The van der Waals surface area contributed by atoms with Crippen LogP contribution in [0.3, 0.4) is 0 Å². The van der Waals surface area contributed by atoms with Gasteiger partial charge in [0.2, 0.25) is 0 Å². The zero-order valence-corrected chi connectivity index (χ0v) is 9.25. The minimum absolute atomic E-state index is 0.00616. The Morgan fingerprint density at radius 2 is 1.94 bits per heavy atom. The van der Waals surface area contributed by atoms with Gasteiger partial charge >= 0.3 is 17.8 Å². The predicted molar refractivity (Wildman–Crippen MR) is 55.1 cm³/mol. The lowest BCUT2D eigenvalue weighted by atomic mass is 10.3. The lowest BCUT2D eigenvalue weighted by Gasteiger charge is -2.12. The topological polar surface area (TPSA) is 66.5 Å². The summed E-state index contributed by atoms with van der Waals surface area (Å²) in [5.41, 5.74) is -0.00616. The average molecular weight is 287 g/mol. The van der Waals surface area contributed by atoms with Gasteiger partial charge in [-0.1, -0.05) is 0 Å². The molecule has 7 heteroatoms. The lowest BCUT2D eigenvalue weighted by molar-refractivity contribution is -0.134. The van der Waals surface area contributed by atoms with Crippen molar-refractivity contribution in [1.82, 2.24) is 5.32 Å². The molecule has 0 spiro atoms. The maximum absolute atomic E-state index is 13.0. The second kappa shape index (κ2) is 3.67. The number of urea groups is 1. The van der Waals surface area contributed by atoms with Crippen molar-refractivity contribution in [1.29, 1.82) is 0 Å². The van der Waals surface area contributed by atoms with Gasteiger partial charge in [0.15, 0.2) is 0 Å². The fourth-order valence-corrected chi connectivity index (χ4v) is 1.70. The van der Waals surface area contributed by atoms with Crippen LogP contribution < -0.4 is 10.2 Å². The van der Waals surface area contributed by atoms with Gasteiger partial charge < -0.3 is 0 Å². The van der Waals surface area contributed by atoms with Crippen LogP contribution in [-0.4, -0.2) is 17.8 Å². The van der Waals surface area contributed by atoms with E-state index in [1.165, 1.54) is 6.07 Å². The third-order valence-electron chi connectivity index (χ3n) is 1.97. The number of benzene rings is 1. The van der Waals surface area contributed by atoms with Crippen LogP contribution in [-0.2, 0) is 9.59 Å². The van der Waals surface area contributed by atoms with Crippen LogP contribution >= 0.6 is 15.9 Å². The van der Waals surface area contributed by atoms with Crippen molar-refractivity contribution in [2.24, 2.45) is 0 Å². The first-order chi connectivity index (χ1) is 7.50. The standard InChI is InChI=1S/C9H4BrFN2O3/c10-5-2-1-4(11)3-6(5)13-8(15)7(14)12-9(13)16/h1-3H,(H,12,14,16). The van der Waals surface area contributed by atoms with Gasteiger partial charge in [0, 0.05) is 4.47 Å². The van der Waals surface area contributed by atoms with Crippen LogP contribution in [0, 0.1) is 5.82 Å². The molecule has 1 aliphatic heterocycles. The van der Waals surface area contributed by atoms with E-state index in [4.69, 9.17) is 0 Å². The Hall–Kier alpha value is -1.76. The third kappa shape index (κ3) is 1.58. The highest BCUT2D eigenvalue weighted by Gasteiger charge is 2.39. The largest absolute Gasteiger partial charge is 0.336 e. The van der Waals surface area contributed by atoms with Crippen molar-refractivity contribution in [2.45, 2.75) is 0 Å². The van der Waals surface area contributed by atoms with Gasteiger partial charge in [-0.2, -0.15) is 0 Å². The Balaban J connectivity index is 2.52. The Labute approximate surface area is 97.3 Å². The maximum Gasteiger partial charge on any atom is 0.336 e. The normalized spacial score (nSPS) is 15.6. The third-order valence-corrected chi connectivity index (χ3v) is 2.64. The van der Waals surface area contributed by atoms with Crippen molar-refractivity contribution in [3.8, 4) is 0 Å². The highest BCUT2D eigenvalue weighted by molar-refractivity contribution is 9.10. The van der Waals surface area contributed by atoms with Crippen LogP contribution in [0.15, 0.2) is 22.7 Å². The number of nitrogens with zero attached hydrogens (tertiary/aromatic N) is 1. The number of anilines is 1. The molecule has 1 saturated heterocycles. The second-order valence-corrected chi connectivity index (χ2v) is 3.85. The quantitative estimate of drug-likeness (QED) is 0.623. The van der Waals surface area contributed by atoms with Crippen LogP contribution in [0.4, 0.5) is 14.9 Å². The molecule has 4 amide bonds. The van der Waals surface area contributed by atoms with Crippen molar-refractivity contribution in [2.75, 3.05) is 4.90 Å². The number of rotatable bonds is 1. The molecule has 1 aliphatic rings. The Morgan fingerprint density at radius 1 is 1.25 bits per heavy atom. The van der Waals surface area contributed by atoms with Gasteiger partial charge in [0.1, 0.15) is 5.82 Å². The summed E-state index contributed by atoms with van der Waals surface area (Å²) in [6, 6.07) is 2.60. The molecule has 0 bridgehead atoms. The molecule has 82 valence electrons. The predicted octanol–water partition coefficient (Wildman–Crippen LogP) is 1.17. The molecule has 1 N–H and O–H groups in total. The highest BCUT2D eigenvalue weighted by atomic mass is 79.9. The van der Waals surface area contributed by atoms with Gasteiger partial charge in [-0.3, -0.25) is 14.9 Å². The summed E-state index contributed by atoms with van der Waals surface area (Å²) in [5.74, 6) is -2.67. The molecule has 1 aromatic rings. The first-order valence-electron chi connectivity index (χ1n) is 4.15. The van der Waals surface area contributed by atoms with E-state index in [9.17, 15) is 18.8 Å². The molecule has 0 saturated carbocycles. The van der Waals surface area contributed by atoms with E-state index in [-0.39, 0.29) is 5.69 Å². The summed E-state index contributed by atoms with van der Waals surface area (Å²) in [4.78, 5) is 34.1. The lowest BCUT2D eigenvalue weighted by Crippen LogP contribution is -2.31. The fraction of sp³-hybridized carbons (Fsp3) is 0. The number of imide groups is 2. The van der Waals surface area contributed by atoms with Gasteiger partial charge in [-0.05, 0) is 34.1 Å². The Bertz CT molecular complexity index is 517. The van der Waals surface area contributed by atoms with Crippen molar-refractivity contribution >= 4 is 39.5 Å². The summed E-state index contributed by atoms with van der Waals surface area (Å²) in [6.45, 7) is 0. The van der Waals surface area contributed by atoms with E-state index in [0.717, 1.165) is 12.1 Å². The van der Waals surface area contributed by atoms with E-state index in [1.807, 2.05) is 5.32 Å². The fourth-order valence-electron chi connectivity index (χ4n) is 1.28. The van der Waals surface area contributed by atoms with Gasteiger partial charge in [0.25, 0.3) is 0 Å². The summed E-state index contributed by atoms with van der Waals surface area (Å²) in [5, 5.41) is 1.82. The van der Waals surface area contributed by atoms with Crippen molar-refractivity contribution in [3.05, 3.63) is 28.5 Å². The Kier molecular flexibility index (Phi) is 2.47. The van der Waals surface area contributed by atoms with Gasteiger partial charge in [-0.25, -0.2) is 14.1 Å². The van der Waals surface area contributed by atoms with Crippen LogP contribution in [0.1, 0.15) is 0 Å². The molecule has 2 rings (SSSR count). The molecule has 1 aromatic carbocycles. The van der Waals surface area contributed by atoms with Gasteiger partial charge in [-0.15, -0.1) is 0 Å². The zero-order valence-electron chi connectivity index (χ0n) is 7.66. The van der Waals surface area contributed by atoms with Crippen molar-refractivity contribution < 1.29 is 18.8 Å². The average Bonchev–Trinajstić information content (AvgIpc) is 2.46. The molecule has 0 aliphatic carbocycles. The number of nitrogens with one attached hydrogen (secondary N) is 1. The monoisotopic (exact) mass is 286 g/mol. The van der Waals surface area contributed by atoms with Gasteiger partial charge in [0.05, 0.1) is 5.69 Å². The molecular formula is C9H4BrFN2O3. The molecule has 0 radical (unpaired) electrons. The molecular weight excluding hydrogens is 283 g/mol. The smallest absolute Gasteiger partial charge is 0.269 e. The first-order valence-corrected chi connectivity index (χ1v) is 4.94. The first kappa shape index (κ1) is 10.7. The maximum atomic E-state index is 13.0. The van der Waals surface area contributed by atoms with E-state index < -0.39 is 23.7 Å². The molecule has 5 nitrogen and oxygen atoms in total. The molecule has 0 unspecified atom stereocenters. The van der Waals surface area contributed by atoms with Crippen molar-refractivity contribution in [3.63, 3.8) is 0 Å². The number of amides is 4. The molecule has 0 atom stereocenters. The minimum Gasteiger partial charge on any atom is -0.269 e. The summed E-state index contributed by atoms with van der Waals surface area (Å²) in [6.07, 6.45) is 0. The zero-order chi connectivity index (χ0) is 11.9. The Morgan fingerprint density at radius 3 is 2.50 bits per heavy atom. The molecule has 0 aromatic heterocycles. The van der Waals surface area contributed by atoms with E-state index in [1.54, 1.807) is 0 Å². The second-order valence-electron chi connectivity index (χ2n) is 3.00. The number of hydrogen-bond acceptors (Lipinski definition) is 3. The SMILES string of the molecule is O=C1NC(=O)N(c2cc(F)ccc2Br)C1=O. The summed E-state index contributed by atoms with van der Waals surface area (Å²) >= 11 is 3.06. The molecule has 1 fully saturated rings. The number of carbonyl (C=O) groups excluding carboxylic acids is 3.